The highest BCUT2D eigenvalue weighted by molar-refractivity contribution is 6.30. The molecule has 0 amide bonds. The van der Waals surface area contributed by atoms with Crippen molar-refractivity contribution in [1.29, 1.82) is 0 Å². The minimum absolute atomic E-state index is 0.114. The molecule has 0 saturated carbocycles. The van der Waals surface area contributed by atoms with E-state index in [0.717, 1.165) is 37.3 Å². The summed E-state index contributed by atoms with van der Waals surface area (Å²) < 4.78 is 7.05. The molecule has 2 unspecified atom stereocenters. The Kier molecular flexibility index (Phi) is 3.52. The summed E-state index contributed by atoms with van der Waals surface area (Å²) in [5.74, 6) is 0.454. The Morgan fingerprint density at radius 1 is 1.69 bits per heavy atom. The minimum atomic E-state index is 0.114. The Balaban J connectivity index is 2.07. The number of ether oxygens (including phenoxy) is 1. The van der Waals surface area contributed by atoms with Gasteiger partial charge in [-0.25, -0.2) is 0 Å². The number of nitrogens with zero attached hydrogens (tertiary/aromatic N) is 2. The fourth-order valence-electron chi connectivity index (χ4n) is 2.20. The molecule has 16 heavy (non-hydrogen) atoms. The van der Waals surface area contributed by atoms with Crippen molar-refractivity contribution in [3.63, 3.8) is 0 Å². The van der Waals surface area contributed by atoms with E-state index in [-0.39, 0.29) is 6.04 Å². The Morgan fingerprint density at radius 3 is 2.94 bits per heavy atom. The Morgan fingerprint density at radius 2 is 2.44 bits per heavy atom. The van der Waals surface area contributed by atoms with Gasteiger partial charge in [-0.15, -0.1) is 0 Å². The van der Waals surface area contributed by atoms with Crippen LogP contribution >= 0.6 is 11.6 Å². The standard InChI is InChI=1S/C11H18ClN3O/c1-7-9(11(12)15(2)14-7)5-10(13)8-3-4-16-6-8/h8,10H,3-6,13H2,1-2H3. The first-order valence-electron chi connectivity index (χ1n) is 5.61. The Bertz CT molecular complexity index is 372. The van der Waals surface area contributed by atoms with Crippen molar-refractivity contribution in [3.8, 4) is 0 Å². The third kappa shape index (κ3) is 2.24. The van der Waals surface area contributed by atoms with Gasteiger partial charge in [0.1, 0.15) is 5.15 Å². The summed E-state index contributed by atoms with van der Waals surface area (Å²) in [7, 11) is 1.85. The second-order valence-electron chi connectivity index (χ2n) is 4.47. The zero-order chi connectivity index (χ0) is 11.7. The van der Waals surface area contributed by atoms with Crippen LogP contribution in [0, 0.1) is 12.8 Å². The third-order valence-corrected chi connectivity index (χ3v) is 3.75. The van der Waals surface area contributed by atoms with Gasteiger partial charge in [0, 0.05) is 25.3 Å². The SMILES string of the molecule is Cc1nn(C)c(Cl)c1CC(N)C1CCOC1. The molecule has 0 radical (unpaired) electrons. The normalized spacial score (nSPS) is 22.6. The molecule has 4 nitrogen and oxygen atoms in total. The molecule has 2 heterocycles. The highest BCUT2D eigenvalue weighted by Gasteiger charge is 2.25. The molecule has 2 atom stereocenters. The van der Waals surface area contributed by atoms with Gasteiger partial charge in [-0.05, 0) is 25.7 Å². The van der Waals surface area contributed by atoms with E-state index in [1.165, 1.54) is 0 Å². The molecule has 0 spiro atoms. The lowest BCUT2D eigenvalue weighted by molar-refractivity contribution is 0.180. The molecule has 1 aromatic rings. The molecular formula is C11H18ClN3O. The number of rotatable bonds is 3. The van der Waals surface area contributed by atoms with Gasteiger partial charge >= 0.3 is 0 Å². The molecule has 1 aromatic heterocycles. The van der Waals surface area contributed by atoms with Gasteiger partial charge < -0.3 is 10.5 Å². The van der Waals surface area contributed by atoms with E-state index in [9.17, 15) is 0 Å². The van der Waals surface area contributed by atoms with E-state index in [1.807, 2.05) is 14.0 Å². The summed E-state index contributed by atoms with van der Waals surface area (Å²) in [5.41, 5.74) is 8.23. The second-order valence-corrected chi connectivity index (χ2v) is 4.83. The van der Waals surface area contributed by atoms with E-state index < -0.39 is 0 Å². The van der Waals surface area contributed by atoms with Gasteiger partial charge in [0.25, 0.3) is 0 Å². The quantitative estimate of drug-likeness (QED) is 0.871. The van der Waals surface area contributed by atoms with Crippen molar-refractivity contribution < 1.29 is 4.74 Å². The van der Waals surface area contributed by atoms with Crippen LogP contribution in [0.25, 0.3) is 0 Å². The van der Waals surface area contributed by atoms with Gasteiger partial charge in [0.2, 0.25) is 0 Å². The summed E-state index contributed by atoms with van der Waals surface area (Å²) in [6, 6.07) is 0.114. The summed E-state index contributed by atoms with van der Waals surface area (Å²) in [5, 5.41) is 4.99. The molecule has 1 aliphatic heterocycles. The van der Waals surface area contributed by atoms with Crippen molar-refractivity contribution in [1.82, 2.24) is 9.78 Å². The lowest BCUT2D eigenvalue weighted by atomic mass is 9.94. The number of hydrogen-bond donors (Lipinski definition) is 1. The molecule has 90 valence electrons. The average Bonchev–Trinajstić information content (AvgIpc) is 2.83. The topological polar surface area (TPSA) is 53.1 Å². The molecule has 5 heteroatoms. The summed E-state index contributed by atoms with van der Waals surface area (Å²) in [6.07, 6.45) is 1.84. The van der Waals surface area contributed by atoms with Crippen LogP contribution in [-0.4, -0.2) is 29.0 Å². The van der Waals surface area contributed by atoms with Crippen molar-refractivity contribution >= 4 is 11.6 Å². The maximum Gasteiger partial charge on any atom is 0.130 e. The van der Waals surface area contributed by atoms with Gasteiger partial charge in [-0.1, -0.05) is 11.6 Å². The number of hydrogen-bond acceptors (Lipinski definition) is 3. The van der Waals surface area contributed by atoms with Crippen LogP contribution in [0.2, 0.25) is 5.15 Å². The Labute approximate surface area is 101 Å². The van der Waals surface area contributed by atoms with E-state index in [0.29, 0.717) is 11.1 Å². The highest BCUT2D eigenvalue weighted by atomic mass is 35.5. The first kappa shape index (κ1) is 11.9. The van der Waals surface area contributed by atoms with Crippen molar-refractivity contribution in [2.75, 3.05) is 13.2 Å². The number of aromatic nitrogens is 2. The number of halogens is 1. The summed E-state index contributed by atoms with van der Waals surface area (Å²) in [6.45, 7) is 3.58. The molecule has 1 saturated heterocycles. The largest absolute Gasteiger partial charge is 0.381 e. The Hall–Kier alpha value is -0.580. The molecular weight excluding hydrogens is 226 g/mol. The molecule has 2 rings (SSSR count). The van der Waals surface area contributed by atoms with Crippen LogP contribution in [0.1, 0.15) is 17.7 Å². The van der Waals surface area contributed by atoms with E-state index in [1.54, 1.807) is 4.68 Å². The lowest BCUT2D eigenvalue weighted by Gasteiger charge is -2.17. The third-order valence-electron chi connectivity index (χ3n) is 3.28. The monoisotopic (exact) mass is 243 g/mol. The predicted octanol–water partition coefficient (Wildman–Crippen LogP) is 1.29. The molecule has 0 aromatic carbocycles. The molecule has 2 N–H and O–H groups in total. The van der Waals surface area contributed by atoms with Crippen molar-refractivity contribution in [3.05, 3.63) is 16.4 Å². The first-order chi connectivity index (χ1) is 7.59. The van der Waals surface area contributed by atoms with Gasteiger partial charge in [0.15, 0.2) is 0 Å². The van der Waals surface area contributed by atoms with E-state index >= 15 is 0 Å². The number of nitrogens with two attached hydrogens (primary N) is 1. The first-order valence-corrected chi connectivity index (χ1v) is 5.98. The van der Waals surface area contributed by atoms with Crippen molar-refractivity contribution in [2.24, 2.45) is 18.7 Å². The molecule has 0 bridgehead atoms. The van der Waals surface area contributed by atoms with Crippen LogP contribution in [-0.2, 0) is 18.2 Å². The van der Waals surface area contributed by atoms with Gasteiger partial charge in [-0.2, -0.15) is 5.10 Å². The van der Waals surface area contributed by atoms with E-state index in [2.05, 4.69) is 5.10 Å². The summed E-state index contributed by atoms with van der Waals surface area (Å²) >= 11 is 6.18. The average molecular weight is 244 g/mol. The number of aryl methyl sites for hydroxylation is 2. The van der Waals surface area contributed by atoms with Crippen LogP contribution in [0.5, 0.6) is 0 Å². The van der Waals surface area contributed by atoms with Gasteiger partial charge in [0.05, 0.1) is 12.3 Å². The van der Waals surface area contributed by atoms with Crippen molar-refractivity contribution in [2.45, 2.75) is 25.8 Å². The molecule has 0 aliphatic carbocycles. The van der Waals surface area contributed by atoms with E-state index in [4.69, 9.17) is 22.1 Å². The van der Waals surface area contributed by atoms with Crippen LogP contribution < -0.4 is 5.73 Å². The van der Waals surface area contributed by atoms with Crippen LogP contribution in [0.3, 0.4) is 0 Å². The minimum Gasteiger partial charge on any atom is -0.381 e. The highest BCUT2D eigenvalue weighted by Crippen LogP contribution is 2.24. The molecule has 1 fully saturated rings. The summed E-state index contributed by atoms with van der Waals surface area (Å²) in [4.78, 5) is 0. The maximum absolute atomic E-state index is 6.18. The zero-order valence-electron chi connectivity index (χ0n) is 9.74. The smallest absolute Gasteiger partial charge is 0.130 e. The van der Waals surface area contributed by atoms with Gasteiger partial charge in [-0.3, -0.25) is 4.68 Å². The maximum atomic E-state index is 6.18. The van der Waals surface area contributed by atoms with Crippen LogP contribution in [0.4, 0.5) is 0 Å². The zero-order valence-corrected chi connectivity index (χ0v) is 10.5. The second kappa shape index (κ2) is 4.73. The fourth-order valence-corrected chi connectivity index (χ4v) is 2.45. The molecule has 1 aliphatic rings. The predicted molar refractivity (Wildman–Crippen MR) is 63.6 cm³/mol. The lowest BCUT2D eigenvalue weighted by Crippen LogP contribution is -2.32. The fraction of sp³-hybridized carbons (Fsp3) is 0.727. The van der Waals surface area contributed by atoms with Crippen LogP contribution in [0.15, 0.2) is 0 Å².